The van der Waals surface area contributed by atoms with Crippen LogP contribution in [0.3, 0.4) is 0 Å². The average molecular weight is 499 g/mol. The van der Waals surface area contributed by atoms with E-state index in [1.807, 2.05) is 26.0 Å². The standard InChI is InChI=1S/C23H29F3N4O3S/c1-16(2)17-3-6-20(7-4-17)34(32,33)30-13-9-18(10-14-30)22(31)28-12-11-27-21-8-5-19(15-29-21)23(24,25)26/h3-8,15-16,18H,9-14H2,1-2H3,(H,27,29)(H,28,31). The van der Waals surface area contributed by atoms with Crippen LogP contribution in [-0.4, -0.2) is 49.8 Å². The van der Waals surface area contributed by atoms with E-state index in [1.165, 1.54) is 10.4 Å². The topological polar surface area (TPSA) is 91.4 Å². The predicted molar refractivity (Wildman–Crippen MR) is 123 cm³/mol. The second kappa shape index (κ2) is 10.7. The summed E-state index contributed by atoms with van der Waals surface area (Å²) in [6, 6.07) is 9.08. The van der Waals surface area contributed by atoms with Gasteiger partial charge in [-0.2, -0.15) is 17.5 Å². The quantitative estimate of drug-likeness (QED) is 0.540. The lowest BCUT2D eigenvalue weighted by Gasteiger charge is -2.30. The average Bonchev–Trinajstić information content (AvgIpc) is 2.81. The third-order valence-electron chi connectivity index (χ3n) is 5.83. The number of hydrogen-bond acceptors (Lipinski definition) is 5. The first-order valence-electron chi connectivity index (χ1n) is 11.1. The van der Waals surface area contributed by atoms with Gasteiger partial charge in [0.1, 0.15) is 5.82 Å². The number of nitrogens with one attached hydrogen (secondary N) is 2. The van der Waals surface area contributed by atoms with Crippen molar-refractivity contribution >= 4 is 21.7 Å². The number of amides is 1. The van der Waals surface area contributed by atoms with E-state index in [0.717, 1.165) is 17.8 Å². The summed E-state index contributed by atoms with van der Waals surface area (Å²) in [6.07, 6.45) is -2.85. The Hall–Kier alpha value is -2.66. The van der Waals surface area contributed by atoms with Gasteiger partial charge in [-0.05, 0) is 48.6 Å². The molecule has 2 N–H and O–H groups in total. The van der Waals surface area contributed by atoms with E-state index in [2.05, 4.69) is 15.6 Å². The van der Waals surface area contributed by atoms with Crippen molar-refractivity contribution in [3.8, 4) is 0 Å². The van der Waals surface area contributed by atoms with Crippen LogP contribution in [0, 0.1) is 5.92 Å². The summed E-state index contributed by atoms with van der Waals surface area (Å²) in [6.45, 7) is 5.17. The van der Waals surface area contributed by atoms with Crippen molar-refractivity contribution in [2.24, 2.45) is 5.92 Å². The van der Waals surface area contributed by atoms with E-state index < -0.39 is 21.8 Å². The van der Waals surface area contributed by atoms with Crippen molar-refractivity contribution in [2.75, 3.05) is 31.5 Å². The molecule has 1 aromatic carbocycles. The van der Waals surface area contributed by atoms with E-state index in [4.69, 9.17) is 0 Å². The summed E-state index contributed by atoms with van der Waals surface area (Å²) in [4.78, 5) is 16.4. The van der Waals surface area contributed by atoms with Crippen LogP contribution in [0.2, 0.25) is 0 Å². The molecule has 1 saturated heterocycles. The fourth-order valence-corrected chi connectivity index (χ4v) is 5.19. The van der Waals surface area contributed by atoms with Crippen molar-refractivity contribution < 1.29 is 26.4 Å². The van der Waals surface area contributed by atoms with E-state index in [1.54, 1.807) is 12.1 Å². The molecule has 1 aliphatic rings. The number of pyridine rings is 1. The Balaban J connectivity index is 1.42. The molecule has 1 fully saturated rings. The fraction of sp³-hybridized carbons (Fsp3) is 0.478. The van der Waals surface area contributed by atoms with Gasteiger partial charge in [-0.3, -0.25) is 4.79 Å². The third kappa shape index (κ3) is 6.47. The minimum absolute atomic E-state index is 0.166. The normalized spacial score (nSPS) is 15.9. The number of hydrogen-bond donors (Lipinski definition) is 2. The maximum absolute atomic E-state index is 12.9. The van der Waals surface area contributed by atoms with E-state index in [0.29, 0.717) is 25.3 Å². The number of benzene rings is 1. The third-order valence-corrected chi connectivity index (χ3v) is 7.74. The number of sulfonamides is 1. The largest absolute Gasteiger partial charge is 0.417 e. The fourth-order valence-electron chi connectivity index (χ4n) is 3.72. The molecule has 1 amide bonds. The Morgan fingerprint density at radius 1 is 1.09 bits per heavy atom. The summed E-state index contributed by atoms with van der Waals surface area (Å²) in [5, 5.41) is 5.64. The highest BCUT2D eigenvalue weighted by Crippen LogP contribution is 2.29. The van der Waals surface area contributed by atoms with Crippen LogP contribution in [0.1, 0.15) is 43.7 Å². The second-order valence-corrected chi connectivity index (χ2v) is 10.5. The number of carbonyl (C=O) groups excluding carboxylic acids is 1. The van der Waals surface area contributed by atoms with Crippen LogP contribution in [0.4, 0.5) is 19.0 Å². The minimum Gasteiger partial charge on any atom is -0.368 e. The molecule has 0 bridgehead atoms. The van der Waals surface area contributed by atoms with Crippen molar-refractivity contribution in [1.29, 1.82) is 0 Å². The molecule has 2 aromatic rings. The molecular formula is C23H29F3N4O3S. The first-order chi connectivity index (χ1) is 16.0. The van der Waals surface area contributed by atoms with Gasteiger partial charge in [0.15, 0.2) is 0 Å². The van der Waals surface area contributed by atoms with Gasteiger partial charge in [0.25, 0.3) is 0 Å². The van der Waals surface area contributed by atoms with Crippen LogP contribution in [0.15, 0.2) is 47.5 Å². The molecule has 0 saturated carbocycles. The lowest BCUT2D eigenvalue weighted by molar-refractivity contribution is -0.137. The molecular weight excluding hydrogens is 469 g/mol. The number of rotatable bonds is 8. The lowest BCUT2D eigenvalue weighted by atomic mass is 9.97. The highest BCUT2D eigenvalue weighted by molar-refractivity contribution is 7.89. The molecule has 0 radical (unpaired) electrons. The first kappa shape index (κ1) is 26.0. The maximum atomic E-state index is 12.9. The second-order valence-electron chi connectivity index (χ2n) is 8.55. The van der Waals surface area contributed by atoms with Gasteiger partial charge in [0, 0.05) is 38.3 Å². The van der Waals surface area contributed by atoms with Crippen LogP contribution < -0.4 is 10.6 Å². The van der Waals surface area contributed by atoms with Gasteiger partial charge in [-0.1, -0.05) is 26.0 Å². The number of aromatic nitrogens is 1. The maximum Gasteiger partial charge on any atom is 0.417 e. The molecule has 0 atom stereocenters. The Kier molecular flexibility index (Phi) is 8.19. The molecule has 0 spiro atoms. The van der Waals surface area contributed by atoms with E-state index in [9.17, 15) is 26.4 Å². The molecule has 2 heterocycles. The van der Waals surface area contributed by atoms with Crippen molar-refractivity contribution in [1.82, 2.24) is 14.6 Å². The highest BCUT2D eigenvalue weighted by atomic mass is 32.2. The van der Waals surface area contributed by atoms with Gasteiger partial charge in [0.05, 0.1) is 10.5 Å². The summed E-state index contributed by atoms with van der Waals surface area (Å²) >= 11 is 0. The van der Waals surface area contributed by atoms with E-state index >= 15 is 0 Å². The predicted octanol–water partition coefficient (Wildman–Crippen LogP) is 3.85. The summed E-state index contributed by atoms with van der Waals surface area (Å²) in [5.41, 5.74) is 0.241. The molecule has 3 rings (SSSR count). The van der Waals surface area contributed by atoms with Gasteiger partial charge < -0.3 is 10.6 Å². The van der Waals surface area contributed by atoms with Gasteiger partial charge in [-0.15, -0.1) is 0 Å². The molecule has 1 aromatic heterocycles. The van der Waals surface area contributed by atoms with Crippen LogP contribution in [-0.2, 0) is 21.0 Å². The molecule has 186 valence electrons. The van der Waals surface area contributed by atoms with Gasteiger partial charge in [0.2, 0.25) is 15.9 Å². The highest BCUT2D eigenvalue weighted by Gasteiger charge is 2.32. The first-order valence-corrected chi connectivity index (χ1v) is 12.6. The lowest BCUT2D eigenvalue weighted by Crippen LogP contribution is -2.43. The SMILES string of the molecule is CC(C)c1ccc(S(=O)(=O)N2CCC(C(=O)NCCNc3ccc(C(F)(F)F)cn3)CC2)cc1. The molecule has 34 heavy (non-hydrogen) atoms. The monoisotopic (exact) mass is 498 g/mol. The number of anilines is 1. The van der Waals surface area contributed by atoms with Crippen molar-refractivity contribution in [2.45, 2.75) is 43.7 Å². The summed E-state index contributed by atoms with van der Waals surface area (Å²) < 4.78 is 64.9. The van der Waals surface area contributed by atoms with Crippen molar-refractivity contribution in [3.63, 3.8) is 0 Å². The Morgan fingerprint density at radius 2 is 1.74 bits per heavy atom. The van der Waals surface area contributed by atoms with Gasteiger partial charge >= 0.3 is 6.18 Å². The molecule has 1 aliphatic heterocycles. The number of piperidine rings is 1. The molecule has 0 aliphatic carbocycles. The summed E-state index contributed by atoms with van der Waals surface area (Å²) in [5.74, 6) is 0.133. The molecule has 7 nitrogen and oxygen atoms in total. The molecule has 11 heteroatoms. The van der Waals surface area contributed by atoms with Gasteiger partial charge in [-0.25, -0.2) is 13.4 Å². The summed E-state index contributed by atoms with van der Waals surface area (Å²) in [7, 11) is -3.60. The Labute approximate surface area is 197 Å². The van der Waals surface area contributed by atoms with Crippen LogP contribution >= 0.6 is 0 Å². The van der Waals surface area contributed by atoms with Crippen molar-refractivity contribution in [3.05, 3.63) is 53.7 Å². The van der Waals surface area contributed by atoms with E-state index in [-0.39, 0.29) is 42.2 Å². The zero-order valence-electron chi connectivity index (χ0n) is 19.1. The number of alkyl halides is 3. The number of carbonyl (C=O) groups is 1. The van der Waals surface area contributed by atoms with Crippen LogP contribution in [0.25, 0.3) is 0 Å². The number of halogens is 3. The Bertz CT molecular complexity index is 1060. The number of nitrogens with zero attached hydrogens (tertiary/aromatic N) is 2. The van der Waals surface area contributed by atoms with Crippen LogP contribution in [0.5, 0.6) is 0 Å². The Morgan fingerprint density at radius 3 is 2.26 bits per heavy atom. The molecule has 0 unspecified atom stereocenters. The smallest absolute Gasteiger partial charge is 0.368 e. The minimum atomic E-state index is -4.44. The zero-order chi connectivity index (χ0) is 24.9. The zero-order valence-corrected chi connectivity index (χ0v) is 19.9.